The average Bonchev–Trinajstić information content (AvgIpc) is 2.74. The zero-order valence-corrected chi connectivity index (χ0v) is 12.0. The predicted molar refractivity (Wildman–Crippen MR) is 74.1 cm³/mol. The molecule has 1 amide bonds. The Kier molecular flexibility index (Phi) is 6.49. The van der Waals surface area contributed by atoms with E-state index in [1.165, 1.54) is 6.08 Å². The van der Waals surface area contributed by atoms with Gasteiger partial charge in [-0.1, -0.05) is 6.08 Å². The van der Waals surface area contributed by atoms with Crippen molar-refractivity contribution in [2.75, 3.05) is 6.54 Å². The molecule has 2 N–H and O–H groups in total. The van der Waals surface area contributed by atoms with Crippen LogP contribution in [0, 0.1) is 6.92 Å². The molecule has 6 heteroatoms. The smallest absolute Gasteiger partial charge is 0.307 e. The molecule has 6 nitrogen and oxygen atoms in total. The number of nitrogens with one attached hydrogen (secondary N) is 1. The van der Waals surface area contributed by atoms with E-state index < -0.39 is 5.97 Å². The monoisotopic (exact) mass is 280 g/mol. The molecule has 0 spiro atoms. The minimum Gasteiger partial charge on any atom is -0.481 e. The lowest BCUT2D eigenvalue weighted by atomic mass is 10.4. The summed E-state index contributed by atoms with van der Waals surface area (Å²) in [5, 5.41) is 11.5. The summed E-state index contributed by atoms with van der Waals surface area (Å²) in [5.74, 6) is 0.149. The van der Waals surface area contributed by atoms with E-state index in [0.29, 0.717) is 13.1 Å². The van der Waals surface area contributed by atoms with Crippen LogP contribution in [0.4, 0.5) is 0 Å². The third-order valence-corrected chi connectivity index (χ3v) is 3.02. The van der Waals surface area contributed by atoms with Crippen molar-refractivity contribution >= 4 is 11.9 Å². The fourth-order valence-corrected chi connectivity index (χ4v) is 1.90. The van der Waals surface area contributed by atoms with Crippen molar-refractivity contribution in [2.45, 2.75) is 39.8 Å². The Hall–Kier alpha value is -2.11. The molecule has 0 saturated carbocycles. The van der Waals surface area contributed by atoms with Crippen LogP contribution in [0.2, 0.25) is 0 Å². The molecule has 0 fully saturated rings. The zero-order valence-electron chi connectivity index (χ0n) is 12.0. The Morgan fingerprint density at radius 1 is 1.50 bits per heavy atom. The van der Waals surface area contributed by atoms with Crippen molar-refractivity contribution in [2.24, 2.45) is 0 Å². The first-order valence-electron chi connectivity index (χ1n) is 6.72. The van der Waals surface area contributed by atoms with E-state index in [-0.39, 0.29) is 12.3 Å². The van der Waals surface area contributed by atoms with Gasteiger partial charge in [0.15, 0.2) is 0 Å². The Balaban J connectivity index is 2.37. The highest BCUT2D eigenvalue weighted by atomic mass is 16.4. The highest BCUT2D eigenvalue weighted by Gasteiger charge is 2.12. The molecule has 1 heterocycles. The maximum absolute atomic E-state index is 11.2. The molecule has 0 aromatic carbocycles. The van der Waals surface area contributed by atoms with Crippen LogP contribution in [0.3, 0.4) is 0 Å². The molecule has 1 aromatic rings. The number of carbonyl (C=O) groups is 2. The Labute approximate surface area is 118 Å². The van der Waals surface area contributed by atoms with Gasteiger partial charge in [-0.25, -0.2) is 9.13 Å². The second kappa shape index (κ2) is 8.14. The summed E-state index contributed by atoms with van der Waals surface area (Å²) in [6, 6.07) is 0. The lowest BCUT2D eigenvalue weighted by Gasteiger charge is -2.02. The summed E-state index contributed by atoms with van der Waals surface area (Å²) in [6.07, 6.45) is 7.98. The third kappa shape index (κ3) is 5.26. The van der Waals surface area contributed by atoms with Crippen LogP contribution < -0.4 is 9.88 Å². The number of aromatic nitrogens is 2. The molecule has 0 aliphatic heterocycles. The maximum Gasteiger partial charge on any atom is 0.307 e. The van der Waals surface area contributed by atoms with Gasteiger partial charge in [-0.05, 0) is 13.0 Å². The second-order valence-corrected chi connectivity index (χ2v) is 4.52. The first-order chi connectivity index (χ1) is 9.54. The molecule has 1 rings (SSSR count). The van der Waals surface area contributed by atoms with Gasteiger partial charge in [0.2, 0.25) is 5.91 Å². The van der Waals surface area contributed by atoms with E-state index in [2.05, 4.69) is 9.88 Å². The number of hydrogen-bond acceptors (Lipinski definition) is 2. The van der Waals surface area contributed by atoms with Gasteiger partial charge in [-0.2, -0.15) is 0 Å². The van der Waals surface area contributed by atoms with Crippen LogP contribution in [-0.4, -0.2) is 28.1 Å². The molecule has 0 saturated heterocycles. The number of hydrogen-bond donors (Lipinski definition) is 2. The molecule has 110 valence electrons. The molecule has 0 radical (unpaired) electrons. The van der Waals surface area contributed by atoms with E-state index in [4.69, 9.17) is 5.11 Å². The number of aliphatic carboxylic acids is 1. The Bertz CT molecular complexity index is 492. The van der Waals surface area contributed by atoms with Crippen molar-refractivity contribution in [3.8, 4) is 0 Å². The van der Waals surface area contributed by atoms with Crippen molar-refractivity contribution in [1.82, 2.24) is 9.88 Å². The standard InChI is InChI=1S/C14H21N3O3/c1-3-5-13(18)15-7-4-8-16-10-11-17(12(16)2)9-6-14(19)20/h3,5,10-11H,4,6-9H2,1-2H3,(H-,15,18,19,20)/p+1. The van der Waals surface area contributed by atoms with Gasteiger partial charge in [0.25, 0.3) is 5.82 Å². The van der Waals surface area contributed by atoms with E-state index in [1.807, 2.05) is 23.9 Å². The van der Waals surface area contributed by atoms with E-state index in [1.54, 1.807) is 13.0 Å². The van der Waals surface area contributed by atoms with E-state index in [9.17, 15) is 9.59 Å². The second-order valence-electron chi connectivity index (χ2n) is 4.52. The van der Waals surface area contributed by atoms with E-state index >= 15 is 0 Å². The normalized spacial score (nSPS) is 10.9. The van der Waals surface area contributed by atoms with Gasteiger partial charge >= 0.3 is 5.97 Å². The number of aryl methyl sites for hydroxylation is 2. The molecule has 0 aliphatic carbocycles. The van der Waals surface area contributed by atoms with Crippen LogP contribution >= 0.6 is 0 Å². The molecular formula is C14H22N3O3+. The van der Waals surface area contributed by atoms with Crippen molar-refractivity contribution in [3.05, 3.63) is 30.4 Å². The summed E-state index contributed by atoms with van der Waals surface area (Å²) in [5.41, 5.74) is 0. The van der Waals surface area contributed by atoms with Crippen molar-refractivity contribution in [3.63, 3.8) is 0 Å². The van der Waals surface area contributed by atoms with Gasteiger partial charge in [-0.3, -0.25) is 9.59 Å². The molecule has 1 aromatic heterocycles. The number of imidazole rings is 1. The Morgan fingerprint density at radius 3 is 2.90 bits per heavy atom. The van der Waals surface area contributed by atoms with Crippen LogP contribution in [0.25, 0.3) is 0 Å². The average molecular weight is 280 g/mol. The van der Waals surface area contributed by atoms with Gasteiger partial charge in [0.05, 0.1) is 13.0 Å². The number of allylic oxidation sites excluding steroid dienone is 1. The van der Waals surface area contributed by atoms with Gasteiger partial charge < -0.3 is 10.4 Å². The third-order valence-electron chi connectivity index (χ3n) is 3.02. The number of nitrogens with zero attached hydrogens (tertiary/aromatic N) is 2. The minimum atomic E-state index is -0.795. The first kappa shape index (κ1) is 15.9. The highest BCUT2D eigenvalue weighted by molar-refractivity contribution is 5.87. The van der Waals surface area contributed by atoms with Crippen LogP contribution in [0.15, 0.2) is 24.5 Å². The van der Waals surface area contributed by atoms with Crippen LogP contribution in [-0.2, 0) is 22.7 Å². The van der Waals surface area contributed by atoms with E-state index in [0.717, 1.165) is 18.8 Å². The number of carbonyl (C=O) groups excluding carboxylic acids is 1. The fraction of sp³-hybridized carbons (Fsp3) is 0.500. The molecule has 0 atom stereocenters. The number of rotatable bonds is 8. The van der Waals surface area contributed by atoms with Gasteiger partial charge in [0.1, 0.15) is 18.9 Å². The molecule has 0 aliphatic rings. The first-order valence-corrected chi connectivity index (χ1v) is 6.72. The van der Waals surface area contributed by atoms with Crippen LogP contribution in [0.5, 0.6) is 0 Å². The summed E-state index contributed by atoms with van der Waals surface area (Å²) < 4.78 is 3.98. The minimum absolute atomic E-state index is 0.0757. The molecule has 0 unspecified atom stereocenters. The topological polar surface area (TPSA) is 75.2 Å². The lowest BCUT2D eigenvalue weighted by Crippen LogP contribution is -2.37. The fourth-order valence-electron chi connectivity index (χ4n) is 1.90. The van der Waals surface area contributed by atoms with Gasteiger partial charge in [-0.15, -0.1) is 0 Å². The zero-order chi connectivity index (χ0) is 15.0. The Morgan fingerprint density at radius 2 is 2.25 bits per heavy atom. The largest absolute Gasteiger partial charge is 0.481 e. The van der Waals surface area contributed by atoms with Crippen LogP contribution in [0.1, 0.15) is 25.6 Å². The number of carboxylic acids is 1. The molecule has 20 heavy (non-hydrogen) atoms. The van der Waals surface area contributed by atoms with Gasteiger partial charge in [0, 0.05) is 19.9 Å². The number of amides is 1. The highest BCUT2D eigenvalue weighted by Crippen LogP contribution is 1.97. The summed E-state index contributed by atoms with van der Waals surface area (Å²) in [7, 11) is 0. The molecule has 0 bridgehead atoms. The number of carboxylic acid groups (broad SMARTS) is 1. The maximum atomic E-state index is 11.2. The summed E-state index contributed by atoms with van der Waals surface area (Å²) in [6.45, 7) is 5.66. The van der Waals surface area contributed by atoms with Crippen molar-refractivity contribution < 1.29 is 19.3 Å². The quantitative estimate of drug-likeness (QED) is 0.417. The van der Waals surface area contributed by atoms with Crippen molar-refractivity contribution in [1.29, 1.82) is 0 Å². The predicted octanol–water partition coefficient (Wildman–Crippen LogP) is 0.641. The summed E-state index contributed by atoms with van der Waals surface area (Å²) >= 11 is 0. The lowest BCUT2D eigenvalue weighted by molar-refractivity contribution is -0.702. The summed E-state index contributed by atoms with van der Waals surface area (Å²) in [4.78, 5) is 21.8. The SMILES string of the molecule is CC=CC(=O)NCCC[n+]1ccn(CCC(=O)O)c1C. The molecular weight excluding hydrogens is 258 g/mol.